The first kappa shape index (κ1) is 29.0. The first-order valence-electron chi connectivity index (χ1n) is 14.2. The molecule has 4 aromatic carbocycles. The molecule has 4 aromatic rings. The topological polar surface area (TPSA) is 96.3 Å². The molecular formula is C35H35NO6. The fourth-order valence-corrected chi connectivity index (χ4v) is 5.30. The SMILES string of the molecule is O=C(O)c1cccc(COc2cccc([C@](O)(C(=O)OCC3CCN(Cc4ccccc4)CC3)c3ccccc3)c2)c1. The molecule has 42 heavy (non-hydrogen) atoms. The van der Waals surface area contributed by atoms with Gasteiger partial charge in [-0.2, -0.15) is 0 Å². The number of piperidine rings is 1. The van der Waals surface area contributed by atoms with Crippen LogP contribution >= 0.6 is 0 Å². The van der Waals surface area contributed by atoms with Gasteiger partial charge in [-0.25, -0.2) is 9.59 Å². The highest BCUT2D eigenvalue weighted by atomic mass is 16.5. The number of likely N-dealkylation sites (tertiary alicyclic amines) is 1. The van der Waals surface area contributed by atoms with Crippen molar-refractivity contribution in [1.29, 1.82) is 0 Å². The first-order chi connectivity index (χ1) is 20.4. The maximum Gasteiger partial charge on any atom is 0.347 e. The van der Waals surface area contributed by atoms with E-state index in [4.69, 9.17) is 9.47 Å². The van der Waals surface area contributed by atoms with E-state index in [-0.39, 0.29) is 24.7 Å². The molecule has 2 N–H and O–H groups in total. The molecule has 1 heterocycles. The van der Waals surface area contributed by atoms with E-state index in [1.807, 2.05) is 12.1 Å². The van der Waals surface area contributed by atoms with E-state index in [9.17, 15) is 19.8 Å². The summed E-state index contributed by atoms with van der Waals surface area (Å²) in [5.74, 6) is -1.09. The Bertz CT molecular complexity index is 1480. The molecule has 0 saturated carbocycles. The Kier molecular flexibility index (Phi) is 9.31. The molecule has 1 fully saturated rings. The van der Waals surface area contributed by atoms with E-state index in [1.165, 1.54) is 11.6 Å². The van der Waals surface area contributed by atoms with Gasteiger partial charge in [-0.05, 0) is 72.8 Å². The Morgan fingerprint density at radius 2 is 1.43 bits per heavy atom. The van der Waals surface area contributed by atoms with Crippen LogP contribution < -0.4 is 4.74 Å². The molecule has 0 unspecified atom stereocenters. The second-order valence-electron chi connectivity index (χ2n) is 10.7. The third-order valence-electron chi connectivity index (χ3n) is 7.72. The van der Waals surface area contributed by atoms with Gasteiger partial charge in [-0.3, -0.25) is 4.90 Å². The highest BCUT2D eigenvalue weighted by Crippen LogP contribution is 2.34. The normalized spacial score (nSPS) is 15.5. The Labute approximate surface area is 246 Å². The molecule has 0 amide bonds. The van der Waals surface area contributed by atoms with Gasteiger partial charge in [0.2, 0.25) is 5.60 Å². The third-order valence-corrected chi connectivity index (χ3v) is 7.72. The van der Waals surface area contributed by atoms with E-state index in [2.05, 4.69) is 29.2 Å². The van der Waals surface area contributed by atoms with E-state index < -0.39 is 17.5 Å². The van der Waals surface area contributed by atoms with Crippen molar-refractivity contribution >= 4 is 11.9 Å². The lowest BCUT2D eigenvalue weighted by molar-refractivity contribution is -0.164. The zero-order valence-electron chi connectivity index (χ0n) is 23.4. The van der Waals surface area contributed by atoms with Crippen LogP contribution in [0.5, 0.6) is 5.75 Å². The van der Waals surface area contributed by atoms with Gasteiger partial charge in [0.15, 0.2) is 0 Å². The zero-order valence-corrected chi connectivity index (χ0v) is 23.4. The highest BCUT2D eigenvalue weighted by molar-refractivity contribution is 5.87. The monoisotopic (exact) mass is 565 g/mol. The summed E-state index contributed by atoms with van der Waals surface area (Å²) in [6, 6.07) is 32.4. The van der Waals surface area contributed by atoms with Crippen LogP contribution in [0.3, 0.4) is 0 Å². The van der Waals surface area contributed by atoms with Gasteiger partial charge in [0.05, 0.1) is 12.2 Å². The number of benzene rings is 4. The molecule has 0 aliphatic carbocycles. The standard InChI is InChI=1S/C35H35NO6/c37-33(38)29-12-7-11-28(21-29)25-41-32-16-8-15-31(22-32)35(40,30-13-5-2-6-14-30)34(39)42-24-27-17-19-36(20-18-27)23-26-9-3-1-4-10-26/h1-16,21-22,27,40H,17-20,23-25H2,(H,37,38)/t35-/m0/s1. The lowest BCUT2D eigenvalue weighted by Crippen LogP contribution is -2.40. The lowest BCUT2D eigenvalue weighted by atomic mass is 9.86. The minimum absolute atomic E-state index is 0.127. The summed E-state index contributed by atoms with van der Waals surface area (Å²) >= 11 is 0. The molecule has 7 nitrogen and oxygen atoms in total. The number of nitrogens with zero attached hydrogens (tertiary/aromatic N) is 1. The number of hydrogen-bond donors (Lipinski definition) is 2. The maximum absolute atomic E-state index is 13.6. The number of rotatable bonds is 11. The molecular weight excluding hydrogens is 530 g/mol. The van der Waals surface area contributed by atoms with Crippen molar-refractivity contribution in [1.82, 2.24) is 4.90 Å². The van der Waals surface area contributed by atoms with Crippen LogP contribution in [0.4, 0.5) is 0 Å². The molecule has 1 atom stereocenters. The smallest absolute Gasteiger partial charge is 0.347 e. The van der Waals surface area contributed by atoms with Crippen LogP contribution in [-0.2, 0) is 28.3 Å². The van der Waals surface area contributed by atoms with Crippen molar-refractivity contribution in [3.05, 3.63) is 137 Å². The van der Waals surface area contributed by atoms with Crippen molar-refractivity contribution < 1.29 is 29.3 Å². The largest absolute Gasteiger partial charge is 0.489 e. The minimum Gasteiger partial charge on any atom is -0.489 e. The van der Waals surface area contributed by atoms with Crippen molar-refractivity contribution in [2.24, 2.45) is 5.92 Å². The average molecular weight is 566 g/mol. The molecule has 0 bridgehead atoms. The van der Waals surface area contributed by atoms with E-state index >= 15 is 0 Å². The summed E-state index contributed by atoms with van der Waals surface area (Å²) in [5.41, 5.74) is 0.848. The highest BCUT2D eigenvalue weighted by Gasteiger charge is 2.42. The second-order valence-corrected chi connectivity index (χ2v) is 10.7. The molecule has 0 spiro atoms. The summed E-state index contributed by atoms with van der Waals surface area (Å²) in [6.07, 6.45) is 1.83. The van der Waals surface area contributed by atoms with Gasteiger partial charge >= 0.3 is 11.9 Å². The number of aliphatic hydroxyl groups is 1. The Hall–Kier alpha value is -4.46. The van der Waals surface area contributed by atoms with Gasteiger partial charge in [0.1, 0.15) is 12.4 Å². The quantitative estimate of drug-likeness (QED) is 0.227. The van der Waals surface area contributed by atoms with Crippen LogP contribution in [0.1, 0.15) is 45.5 Å². The number of esters is 1. The maximum atomic E-state index is 13.6. The summed E-state index contributed by atoms with van der Waals surface area (Å²) in [7, 11) is 0. The number of carbonyl (C=O) groups is 2. The Balaban J connectivity index is 1.25. The van der Waals surface area contributed by atoms with Gasteiger partial charge in [-0.1, -0.05) is 84.9 Å². The van der Waals surface area contributed by atoms with Gasteiger partial charge in [0.25, 0.3) is 0 Å². The van der Waals surface area contributed by atoms with Gasteiger partial charge < -0.3 is 19.7 Å². The molecule has 5 rings (SSSR count). The van der Waals surface area contributed by atoms with Crippen molar-refractivity contribution in [3.63, 3.8) is 0 Å². The summed E-state index contributed by atoms with van der Waals surface area (Å²) < 4.78 is 11.7. The fourth-order valence-electron chi connectivity index (χ4n) is 5.30. The molecule has 1 aliphatic rings. The minimum atomic E-state index is -2.03. The van der Waals surface area contributed by atoms with Gasteiger partial charge in [-0.15, -0.1) is 0 Å². The third kappa shape index (κ3) is 7.05. The molecule has 0 aromatic heterocycles. The Morgan fingerprint density at radius 1 is 0.786 bits per heavy atom. The van der Waals surface area contributed by atoms with Crippen molar-refractivity contribution in [2.75, 3.05) is 19.7 Å². The van der Waals surface area contributed by atoms with Crippen LogP contribution in [0.15, 0.2) is 109 Å². The number of hydrogen-bond acceptors (Lipinski definition) is 6. The fraction of sp³-hybridized carbons (Fsp3) is 0.257. The predicted octanol–water partition coefficient (Wildman–Crippen LogP) is 5.66. The van der Waals surface area contributed by atoms with Gasteiger partial charge in [0, 0.05) is 12.1 Å². The molecule has 0 radical (unpaired) electrons. The number of ether oxygens (including phenoxy) is 2. The van der Waals surface area contributed by atoms with Crippen molar-refractivity contribution in [3.8, 4) is 5.75 Å². The summed E-state index contributed by atoms with van der Waals surface area (Å²) in [6.45, 7) is 3.12. The number of aromatic carboxylic acids is 1. The van der Waals surface area contributed by atoms with Crippen LogP contribution in [0, 0.1) is 5.92 Å². The average Bonchev–Trinajstić information content (AvgIpc) is 3.04. The second kappa shape index (κ2) is 13.5. The number of carboxylic acids is 1. The summed E-state index contributed by atoms with van der Waals surface area (Å²) in [5, 5.41) is 21.2. The Morgan fingerprint density at radius 3 is 2.14 bits per heavy atom. The zero-order chi connectivity index (χ0) is 29.4. The molecule has 216 valence electrons. The first-order valence-corrected chi connectivity index (χ1v) is 14.2. The van der Waals surface area contributed by atoms with E-state index in [1.54, 1.807) is 66.7 Å². The molecule has 1 saturated heterocycles. The summed E-state index contributed by atoms with van der Waals surface area (Å²) in [4.78, 5) is 27.3. The molecule has 7 heteroatoms. The van der Waals surface area contributed by atoms with E-state index in [0.717, 1.165) is 32.5 Å². The van der Waals surface area contributed by atoms with Crippen molar-refractivity contribution in [2.45, 2.75) is 31.6 Å². The van der Waals surface area contributed by atoms with Crippen LogP contribution in [-0.4, -0.2) is 46.7 Å². The predicted molar refractivity (Wildman–Crippen MR) is 159 cm³/mol. The number of carbonyl (C=O) groups excluding carboxylic acids is 1. The lowest BCUT2D eigenvalue weighted by Gasteiger charge is -2.33. The molecule has 1 aliphatic heterocycles. The van der Waals surface area contributed by atoms with Crippen LogP contribution in [0.2, 0.25) is 0 Å². The van der Waals surface area contributed by atoms with E-state index in [0.29, 0.717) is 22.4 Å². The van der Waals surface area contributed by atoms with Crippen LogP contribution in [0.25, 0.3) is 0 Å². The number of carboxylic acid groups (broad SMARTS) is 1.